The first kappa shape index (κ1) is 7.88. The molecule has 56 valence electrons. The number of thiazole rings is 1. The molecule has 10 heavy (non-hydrogen) atoms. The Morgan fingerprint density at radius 1 is 1.70 bits per heavy atom. The maximum atomic E-state index is 12.2. The molecule has 0 aromatic carbocycles. The predicted molar refractivity (Wildman–Crippen MR) is 36.6 cm³/mol. The highest BCUT2D eigenvalue weighted by Gasteiger charge is 2.30. The molecule has 0 radical (unpaired) electrons. The molecule has 0 amide bonds. The van der Waals surface area contributed by atoms with Crippen molar-refractivity contribution in [3.05, 3.63) is 16.1 Å². The second kappa shape index (κ2) is 2.43. The van der Waals surface area contributed by atoms with Gasteiger partial charge in [0, 0.05) is 5.38 Å². The molecule has 0 fully saturated rings. The number of hydrogen-bond donors (Lipinski definition) is 0. The quantitative estimate of drug-likeness (QED) is 0.610. The van der Waals surface area contributed by atoms with Crippen molar-refractivity contribution in [3.8, 4) is 0 Å². The van der Waals surface area contributed by atoms with Crippen molar-refractivity contribution >= 4 is 22.9 Å². The third kappa shape index (κ3) is 1.64. The van der Waals surface area contributed by atoms with Gasteiger partial charge in [0.2, 0.25) is 0 Å². The van der Waals surface area contributed by atoms with E-state index in [1.807, 2.05) is 0 Å². The topological polar surface area (TPSA) is 12.9 Å². The van der Waals surface area contributed by atoms with Crippen LogP contribution in [0.25, 0.3) is 0 Å². The lowest BCUT2D eigenvalue weighted by atomic mass is 10.5. The zero-order valence-corrected chi connectivity index (χ0v) is 6.64. The SMILES string of the molecule is Cc1nc(C(F)(F)Cl)cs1. The largest absolute Gasteiger partial charge is 0.365 e. The molecule has 0 N–H and O–H groups in total. The van der Waals surface area contributed by atoms with Gasteiger partial charge in [-0.2, -0.15) is 8.78 Å². The van der Waals surface area contributed by atoms with E-state index in [4.69, 9.17) is 0 Å². The molecule has 0 bridgehead atoms. The Balaban J connectivity index is 2.96. The first-order valence-electron chi connectivity index (χ1n) is 2.49. The summed E-state index contributed by atoms with van der Waals surface area (Å²) < 4.78 is 24.4. The summed E-state index contributed by atoms with van der Waals surface area (Å²) in [5.41, 5.74) is -0.364. The number of halogens is 3. The predicted octanol–water partition coefficient (Wildman–Crippen LogP) is 2.74. The third-order valence-electron chi connectivity index (χ3n) is 0.909. The minimum atomic E-state index is -3.31. The molecule has 0 aliphatic carbocycles. The molecule has 1 aromatic rings. The fourth-order valence-corrected chi connectivity index (χ4v) is 1.29. The smallest absolute Gasteiger partial charge is 0.239 e. The number of aromatic nitrogens is 1. The highest BCUT2D eigenvalue weighted by Crippen LogP contribution is 2.32. The maximum absolute atomic E-state index is 12.2. The molecular weight excluding hydrogens is 180 g/mol. The molecular formula is C5H4ClF2NS. The van der Waals surface area contributed by atoms with E-state index in [1.165, 1.54) is 5.38 Å². The van der Waals surface area contributed by atoms with Gasteiger partial charge in [-0.3, -0.25) is 0 Å². The van der Waals surface area contributed by atoms with Gasteiger partial charge in [-0.1, -0.05) is 0 Å². The monoisotopic (exact) mass is 183 g/mol. The van der Waals surface area contributed by atoms with Crippen LogP contribution in [0.3, 0.4) is 0 Å². The normalized spacial score (nSPS) is 12.0. The zero-order chi connectivity index (χ0) is 7.78. The molecule has 0 aliphatic rings. The van der Waals surface area contributed by atoms with Crippen LogP contribution in [-0.2, 0) is 5.38 Å². The van der Waals surface area contributed by atoms with Crippen molar-refractivity contribution in [3.63, 3.8) is 0 Å². The summed E-state index contributed by atoms with van der Waals surface area (Å²) in [4.78, 5) is 3.52. The van der Waals surface area contributed by atoms with Crippen LogP contribution in [0.1, 0.15) is 10.7 Å². The van der Waals surface area contributed by atoms with E-state index in [2.05, 4.69) is 16.6 Å². The summed E-state index contributed by atoms with van der Waals surface area (Å²) in [5, 5.41) is -1.47. The van der Waals surface area contributed by atoms with Crippen molar-refractivity contribution in [2.75, 3.05) is 0 Å². The Morgan fingerprint density at radius 2 is 2.30 bits per heavy atom. The number of rotatable bonds is 1. The minimum absolute atomic E-state index is 0.364. The molecule has 0 saturated heterocycles. The van der Waals surface area contributed by atoms with Crippen LogP contribution in [0.15, 0.2) is 5.38 Å². The van der Waals surface area contributed by atoms with Crippen molar-refractivity contribution in [2.45, 2.75) is 12.3 Å². The highest BCUT2D eigenvalue weighted by molar-refractivity contribution is 7.09. The number of aryl methyl sites for hydroxylation is 1. The summed E-state index contributed by atoms with van der Waals surface area (Å²) in [5.74, 6) is 0. The molecule has 1 nitrogen and oxygen atoms in total. The van der Waals surface area contributed by atoms with Gasteiger partial charge in [-0.25, -0.2) is 4.98 Å². The van der Waals surface area contributed by atoms with Crippen molar-refractivity contribution in [1.29, 1.82) is 0 Å². The lowest BCUT2D eigenvalue weighted by Gasteiger charge is -2.00. The Hall–Kier alpha value is -0.220. The van der Waals surface area contributed by atoms with E-state index < -0.39 is 5.38 Å². The lowest BCUT2D eigenvalue weighted by molar-refractivity contribution is 0.0906. The zero-order valence-electron chi connectivity index (χ0n) is 5.07. The van der Waals surface area contributed by atoms with Gasteiger partial charge in [0.15, 0.2) is 0 Å². The third-order valence-corrected chi connectivity index (χ3v) is 1.88. The summed E-state index contributed by atoms with van der Waals surface area (Å²) in [6, 6.07) is 0. The van der Waals surface area contributed by atoms with Crippen LogP contribution in [0.4, 0.5) is 8.78 Å². The molecule has 5 heteroatoms. The first-order valence-corrected chi connectivity index (χ1v) is 3.75. The van der Waals surface area contributed by atoms with Gasteiger partial charge in [-0.05, 0) is 18.5 Å². The molecule has 1 aromatic heterocycles. The fraction of sp³-hybridized carbons (Fsp3) is 0.400. The molecule has 0 saturated carbocycles. The summed E-state index contributed by atoms with van der Waals surface area (Å²) in [6.45, 7) is 1.65. The molecule has 0 spiro atoms. The number of alkyl halides is 3. The van der Waals surface area contributed by atoms with Gasteiger partial charge >= 0.3 is 5.38 Å². The number of nitrogens with zero attached hydrogens (tertiary/aromatic N) is 1. The average molecular weight is 184 g/mol. The molecule has 0 atom stereocenters. The Morgan fingerprint density at radius 3 is 2.50 bits per heavy atom. The Labute approximate surface area is 65.7 Å². The van der Waals surface area contributed by atoms with Gasteiger partial charge in [0.05, 0.1) is 5.01 Å². The first-order chi connectivity index (χ1) is 4.50. The molecule has 1 rings (SSSR count). The van der Waals surface area contributed by atoms with Gasteiger partial charge < -0.3 is 0 Å². The molecule has 1 heterocycles. The van der Waals surface area contributed by atoms with Crippen LogP contribution < -0.4 is 0 Å². The summed E-state index contributed by atoms with van der Waals surface area (Å²) in [7, 11) is 0. The second-order valence-corrected chi connectivity index (χ2v) is 3.29. The summed E-state index contributed by atoms with van der Waals surface area (Å²) >= 11 is 5.84. The van der Waals surface area contributed by atoms with Gasteiger partial charge in [-0.15, -0.1) is 11.3 Å². The van der Waals surface area contributed by atoms with Crippen LogP contribution >= 0.6 is 22.9 Å². The van der Waals surface area contributed by atoms with E-state index >= 15 is 0 Å². The molecule has 0 aliphatic heterocycles. The maximum Gasteiger partial charge on any atom is 0.365 e. The minimum Gasteiger partial charge on any atom is -0.239 e. The van der Waals surface area contributed by atoms with Crippen LogP contribution in [0, 0.1) is 6.92 Å². The average Bonchev–Trinajstić information content (AvgIpc) is 2.11. The van der Waals surface area contributed by atoms with E-state index in [1.54, 1.807) is 6.92 Å². The summed E-state index contributed by atoms with van der Waals surface area (Å²) in [6.07, 6.45) is 0. The molecule has 0 unspecified atom stereocenters. The van der Waals surface area contributed by atoms with Crippen molar-refractivity contribution in [2.24, 2.45) is 0 Å². The van der Waals surface area contributed by atoms with E-state index in [9.17, 15) is 8.78 Å². The lowest BCUT2D eigenvalue weighted by Crippen LogP contribution is -2.02. The van der Waals surface area contributed by atoms with Crippen molar-refractivity contribution < 1.29 is 8.78 Å². The Bertz CT molecular complexity index is 230. The second-order valence-electron chi connectivity index (χ2n) is 1.75. The van der Waals surface area contributed by atoms with Crippen LogP contribution in [0.2, 0.25) is 0 Å². The van der Waals surface area contributed by atoms with Crippen LogP contribution in [0.5, 0.6) is 0 Å². The van der Waals surface area contributed by atoms with E-state index in [-0.39, 0.29) is 5.69 Å². The van der Waals surface area contributed by atoms with Gasteiger partial charge in [0.1, 0.15) is 5.69 Å². The van der Waals surface area contributed by atoms with E-state index in [0.717, 1.165) is 11.3 Å². The highest BCUT2D eigenvalue weighted by atomic mass is 35.5. The Kier molecular flexibility index (Phi) is 1.92. The van der Waals surface area contributed by atoms with Crippen LogP contribution in [-0.4, -0.2) is 4.98 Å². The van der Waals surface area contributed by atoms with E-state index in [0.29, 0.717) is 5.01 Å². The van der Waals surface area contributed by atoms with Crippen molar-refractivity contribution in [1.82, 2.24) is 4.98 Å². The fourth-order valence-electron chi connectivity index (χ4n) is 0.494. The van der Waals surface area contributed by atoms with Gasteiger partial charge in [0.25, 0.3) is 0 Å². The standard InChI is InChI=1S/C5H4ClF2NS/c1-3-9-4(2-10-3)5(6,7)8/h2H,1H3. The number of hydrogen-bond acceptors (Lipinski definition) is 2.